The van der Waals surface area contributed by atoms with Gasteiger partial charge in [-0.05, 0) is 12.0 Å². The number of hydrogen-bond donors (Lipinski definition) is 2. The predicted octanol–water partition coefficient (Wildman–Crippen LogP) is 1.75. The summed E-state index contributed by atoms with van der Waals surface area (Å²) in [6.45, 7) is 1.06. The molecule has 0 fully saturated rings. The van der Waals surface area contributed by atoms with Gasteiger partial charge in [-0.15, -0.1) is 0 Å². The molecule has 1 aromatic carbocycles. The fourth-order valence-electron chi connectivity index (χ4n) is 1.11. The molecule has 0 aliphatic carbocycles. The monoisotopic (exact) mass is 307 g/mol. The van der Waals surface area contributed by atoms with Crippen molar-refractivity contribution in [3.8, 4) is 0 Å². The van der Waals surface area contributed by atoms with Crippen LogP contribution in [-0.2, 0) is 20.7 Å². The Bertz CT molecular complexity index is 435. The first kappa shape index (κ1) is 18.9. The van der Waals surface area contributed by atoms with Crippen LogP contribution >= 0.6 is 0 Å². The molecule has 0 atom stereocenters. The molecular weight excluding hydrogens is 291 g/mol. The molecule has 8 heteroatoms. The molecule has 3 N–H and O–H groups in total. The van der Waals surface area contributed by atoms with Crippen LogP contribution in [0.1, 0.15) is 12.0 Å². The molecule has 1 aromatic rings. The Labute approximate surface area is 119 Å². The van der Waals surface area contributed by atoms with Crippen LogP contribution in [0, 0.1) is 0 Å². The van der Waals surface area contributed by atoms with Crippen molar-refractivity contribution < 1.29 is 32.6 Å². The highest BCUT2D eigenvalue weighted by molar-refractivity contribution is 5.73. The highest BCUT2D eigenvalue weighted by Crippen LogP contribution is 2.13. The highest BCUT2D eigenvalue weighted by atomic mass is 19.4. The maximum absolute atomic E-state index is 10.6. The number of ether oxygens (including phenoxy) is 1. The van der Waals surface area contributed by atoms with Crippen LogP contribution in [0.25, 0.3) is 0 Å². The van der Waals surface area contributed by atoms with Gasteiger partial charge in [-0.25, -0.2) is 4.79 Å². The van der Waals surface area contributed by atoms with Gasteiger partial charge in [0.15, 0.2) is 0 Å². The fourth-order valence-corrected chi connectivity index (χ4v) is 1.11. The minimum Gasteiger partial charge on any atom is -0.475 e. The first-order valence-corrected chi connectivity index (χ1v) is 5.93. The van der Waals surface area contributed by atoms with Gasteiger partial charge in [0.2, 0.25) is 5.91 Å². The molecule has 0 bridgehead atoms. The molecule has 5 nitrogen and oxygen atoms in total. The average Bonchev–Trinajstić information content (AvgIpc) is 2.39. The minimum absolute atomic E-state index is 0.300. The molecule has 0 aliphatic rings. The lowest BCUT2D eigenvalue weighted by molar-refractivity contribution is -0.192. The second-order valence-corrected chi connectivity index (χ2v) is 3.87. The van der Waals surface area contributed by atoms with Gasteiger partial charge >= 0.3 is 12.1 Å². The van der Waals surface area contributed by atoms with E-state index in [4.69, 9.17) is 20.4 Å². The van der Waals surface area contributed by atoms with Crippen molar-refractivity contribution in [2.75, 3.05) is 13.2 Å². The van der Waals surface area contributed by atoms with Gasteiger partial charge in [0.25, 0.3) is 0 Å². The molecule has 0 saturated heterocycles. The molecule has 21 heavy (non-hydrogen) atoms. The number of primary amides is 1. The third-order valence-corrected chi connectivity index (χ3v) is 2.11. The first-order valence-electron chi connectivity index (χ1n) is 5.93. The number of halogens is 3. The van der Waals surface area contributed by atoms with Gasteiger partial charge in [-0.3, -0.25) is 4.79 Å². The second-order valence-electron chi connectivity index (χ2n) is 3.87. The summed E-state index contributed by atoms with van der Waals surface area (Å²) in [6.07, 6.45) is -3.91. The van der Waals surface area contributed by atoms with Crippen molar-refractivity contribution in [1.29, 1.82) is 0 Å². The number of aliphatic carboxylic acids is 1. The van der Waals surface area contributed by atoms with Gasteiger partial charge in [-0.1, -0.05) is 30.3 Å². The Morgan fingerprint density at radius 3 is 2.10 bits per heavy atom. The number of alkyl halides is 3. The SMILES string of the molecule is NC(=O)CCOCCc1ccccc1.O=C(O)C(F)(F)F. The van der Waals surface area contributed by atoms with E-state index in [1.807, 2.05) is 18.2 Å². The lowest BCUT2D eigenvalue weighted by Gasteiger charge is -2.02. The first-order chi connectivity index (χ1) is 9.73. The molecule has 0 aliphatic heterocycles. The summed E-state index contributed by atoms with van der Waals surface area (Å²) in [7, 11) is 0. The third kappa shape index (κ3) is 11.4. The molecule has 0 spiro atoms. The molecule has 0 unspecified atom stereocenters. The van der Waals surface area contributed by atoms with Crippen LogP contribution in [0.2, 0.25) is 0 Å². The van der Waals surface area contributed by atoms with Crippen LogP contribution in [0.15, 0.2) is 30.3 Å². The summed E-state index contributed by atoms with van der Waals surface area (Å²) >= 11 is 0. The number of benzene rings is 1. The standard InChI is InChI=1S/C11H15NO2.C2HF3O2/c12-11(13)7-9-14-8-6-10-4-2-1-3-5-10;3-2(4,5)1(6)7/h1-5H,6-9H2,(H2,12,13);(H,6,7). The van der Waals surface area contributed by atoms with Gasteiger partial charge in [0, 0.05) is 6.42 Å². The summed E-state index contributed by atoms with van der Waals surface area (Å²) in [6, 6.07) is 10.1. The number of nitrogens with two attached hydrogens (primary N) is 1. The number of carboxylic acid groups (broad SMARTS) is 1. The zero-order valence-electron chi connectivity index (χ0n) is 11.1. The summed E-state index contributed by atoms with van der Waals surface area (Å²) in [5.41, 5.74) is 6.21. The lowest BCUT2D eigenvalue weighted by atomic mass is 10.2. The maximum atomic E-state index is 10.6. The van der Waals surface area contributed by atoms with Crippen molar-refractivity contribution in [2.24, 2.45) is 5.73 Å². The van der Waals surface area contributed by atoms with Gasteiger partial charge < -0.3 is 15.6 Å². The van der Waals surface area contributed by atoms with Crippen molar-refractivity contribution in [2.45, 2.75) is 19.0 Å². The van der Waals surface area contributed by atoms with E-state index in [0.29, 0.717) is 19.6 Å². The zero-order valence-corrected chi connectivity index (χ0v) is 11.1. The molecule has 0 radical (unpaired) electrons. The lowest BCUT2D eigenvalue weighted by Crippen LogP contribution is -2.21. The molecule has 0 aromatic heterocycles. The minimum atomic E-state index is -5.08. The van der Waals surface area contributed by atoms with E-state index in [0.717, 1.165) is 6.42 Å². The number of carboxylic acids is 1. The smallest absolute Gasteiger partial charge is 0.475 e. The molecule has 0 saturated carbocycles. The van der Waals surface area contributed by atoms with Crippen molar-refractivity contribution >= 4 is 11.9 Å². The van der Waals surface area contributed by atoms with Crippen molar-refractivity contribution in [1.82, 2.24) is 0 Å². The Kier molecular flexibility index (Phi) is 8.79. The van der Waals surface area contributed by atoms with Crippen LogP contribution < -0.4 is 5.73 Å². The topological polar surface area (TPSA) is 89.6 Å². The summed E-state index contributed by atoms with van der Waals surface area (Å²) < 4.78 is 37.0. The number of amides is 1. The van der Waals surface area contributed by atoms with E-state index >= 15 is 0 Å². The summed E-state index contributed by atoms with van der Waals surface area (Å²) in [4.78, 5) is 19.3. The van der Waals surface area contributed by atoms with E-state index in [1.54, 1.807) is 0 Å². The molecule has 1 rings (SSSR count). The average molecular weight is 307 g/mol. The number of hydrogen-bond acceptors (Lipinski definition) is 3. The largest absolute Gasteiger partial charge is 0.490 e. The molecule has 118 valence electrons. The van der Waals surface area contributed by atoms with E-state index < -0.39 is 12.1 Å². The van der Waals surface area contributed by atoms with E-state index in [-0.39, 0.29) is 5.91 Å². The van der Waals surface area contributed by atoms with Crippen LogP contribution in [0.3, 0.4) is 0 Å². The van der Waals surface area contributed by atoms with Crippen LogP contribution in [0.4, 0.5) is 13.2 Å². The zero-order chi connectivity index (χ0) is 16.3. The van der Waals surface area contributed by atoms with Crippen molar-refractivity contribution in [3.63, 3.8) is 0 Å². The van der Waals surface area contributed by atoms with Gasteiger partial charge in [0.05, 0.1) is 13.2 Å². The van der Waals surface area contributed by atoms with E-state index in [2.05, 4.69) is 12.1 Å². The normalized spacial score (nSPS) is 10.4. The third-order valence-electron chi connectivity index (χ3n) is 2.11. The van der Waals surface area contributed by atoms with E-state index in [1.165, 1.54) is 5.56 Å². The number of rotatable bonds is 6. The quantitative estimate of drug-likeness (QED) is 0.784. The maximum Gasteiger partial charge on any atom is 0.490 e. The number of carbonyl (C=O) groups excluding carboxylic acids is 1. The summed E-state index contributed by atoms with van der Waals surface area (Å²) in [5, 5.41) is 7.12. The van der Waals surface area contributed by atoms with Crippen molar-refractivity contribution in [3.05, 3.63) is 35.9 Å². The Morgan fingerprint density at radius 2 is 1.67 bits per heavy atom. The Morgan fingerprint density at radius 1 is 1.14 bits per heavy atom. The Balaban J connectivity index is 0.000000486. The molecule has 1 amide bonds. The summed E-state index contributed by atoms with van der Waals surface area (Å²) in [5.74, 6) is -3.07. The van der Waals surface area contributed by atoms with Crippen LogP contribution in [-0.4, -0.2) is 36.4 Å². The highest BCUT2D eigenvalue weighted by Gasteiger charge is 2.38. The predicted molar refractivity (Wildman–Crippen MR) is 68.5 cm³/mol. The Hall–Kier alpha value is -2.09. The molecular formula is C13H16F3NO4. The van der Waals surface area contributed by atoms with Gasteiger partial charge in [-0.2, -0.15) is 13.2 Å². The second kappa shape index (κ2) is 9.76. The number of carbonyl (C=O) groups is 2. The van der Waals surface area contributed by atoms with Crippen LogP contribution in [0.5, 0.6) is 0 Å². The van der Waals surface area contributed by atoms with E-state index in [9.17, 15) is 18.0 Å². The molecule has 0 heterocycles. The fraction of sp³-hybridized carbons (Fsp3) is 0.385. The van der Waals surface area contributed by atoms with Gasteiger partial charge in [0.1, 0.15) is 0 Å².